The molecule has 0 saturated carbocycles. The number of benzene rings is 1. The maximum absolute atomic E-state index is 10.9. The lowest BCUT2D eigenvalue weighted by molar-refractivity contribution is 0.561. The smallest absolute Gasteiger partial charge is 0.336 e. The second kappa shape index (κ2) is 2.62. The molecule has 0 aliphatic rings. The average Bonchev–Trinajstić information content (AvgIpc) is 2.08. The van der Waals surface area contributed by atoms with Gasteiger partial charge in [0.2, 0.25) is 0 Å². The second-order valence-corrected chi connectivity index (χ2v) is 3.00. The summed E-state index contributed by atoms with van der Waals surface area (Å²) in [5.41, 5.74) is 7.58. The average molecular weight is 175 g/mol. The molecular weight excluding hydrogens is 166 g/mol. The fourth-order valence-electron chi connectivity index (χ4n) is 1.23. The number of nitrogen functional groups attached to an aromatic ring is 1. The molecule has 66 valence electrons. The summed E-state index contributed by atoms with van der Waals surface area (Å²) in [6, 6.07) is 6.66. The molecule has 13 heavy (non-hydrogen) atoms. The van der Waals surface area contributed by atoms with Crippen molar-refractivity contribution in [1.82, 2.24) is 0 Å². The van der Waals surface area contributed by atoms with E-state index < -0.39 is 0 Å². The van der Waals surface area contributed by atoms with Crippen molar-refractivity contribution in [2.75, 3.05) is 5.73 Å². The number of fused-ring (bicyclic) bond motifs is 1. The normalized spacial score (nSPS) is 10.5. The predicted octanol–water partition coefficient (Wildman–Crippen LogP) is 1.68. The summed E-state index contributed by atoms with van der Waals surface area (Å²) in [5.74, 6) is 0. The molecule has 0 spiro atoms. The highest BCUT2D eigenvalue weighted by atomic mass is 16.4. The van der Waals surface area contributed by atoms with Crippen molar-refractivity contribution in [3.05, 3.63) is 40.2 Å². The van der Waals surface area contributed by atoms with Crippen LogP contribution in [0.25, 0.3) is 11.0 Å². The van der Waals surface area contributed by atoms with Crippen molar-refractivity contribution in [2.24, 2.45) is 0 Å². The van der Waals surface area contributed by atoms with Gasteiger partial charge in [-0.15, -0.1) is 0 Å². The van der Waals surface area contributed by atoms with Crippen LogP contribution in [0.15, 0.2) is 33.5 Å². The fourth-order valence-corrected chi connectivity index (χ4v) is 1.23. The first kappa shape index (κ1) is 7.86. The first-order valence-electron chi connectivity index (χ1n) is 3.97. The van der Waals surface area contributed by atoms with E-state index in [9.17, 15) is 4.79 Å². The minimum absolute atomic E-state index is 0.336. The van der Waals surface area contributed by atoms with Gasteiger partial charge in [0.25, 0.3) is 0 Å². The number of rotatable bonds is 0. The summed E-state index contributed by atoms with van der Waals surface area (Å²) in [6.45, 7) is 1.88. The molecule has 0 atom stereocenters. The largest absolute Gasteiger partial charge is 0.423 e. The third kappa shape index (κ3) is 1.28. The quantitative estimate of drug-likeness (QED) is 0.489. The highest BCUT2D eigenvalue weighted by Gasteiger charge is 2.00. The lowest BCUT2D eigenvalue weighted by Gasteiger charge is -2.01. The molecular formula is C10H9NO2. The Bertz CT molecular complexity index is 514. The fraction of sp³-hybridized carbons (Fsp3) is 0.100. The van der Waals surface area contributed by atoms with E-state index in [1.54, 1.807) is 18.2 Å². The number of hydrogen-bond acceptors (Lipinski definition) is 3. The van der Waals surface area contributed by atoms with Gasteiger partial charge in [0.15, 0.2) is 0 Å². The van der Waals surface area contributed by atoms with E-state index in [1.165, 1.54) is 6.07 Å². The molecule has 1 aromatic heterocycles. The Hall–Kier alpha value is -1.77. The number of anilines is 1. The Kier molecular flexibility index (Phi) is 1.59. The van der Waals surface area contributed by atoms with Crippen molar-refractivity contribution >= 4 is 16.7 Å². The van der Waals surface area contributed by atoms with Crippen molar-refractivity contribution < 1.29 is 4.42 Å². The standard InChI is InChI=1S/C10H9NO2/c1-6-4-9-7(5-8(6)11)2-3-10(12)13-9/h2-5H,11H2,1H3. The van der Waals surface area contributed by atoms with Gasteiger partial charge in [-0.1, -0.05) is 0 Å². The minimum Gasteiger partial charge on any atom is -0.423 e. The Morgan fingerprint density at radius 2 is 2.08 bits per heavy atom. The molecule has 2 N–H and O–H groups in total. The summed E-state index contributed by atoms with van der Waals surface area (Å²) in [4.78, 5) is 10.9. The van der Waals surface area contributed by atoms with Crippen LogP contribution in [-0.4, -0.2) is 0 Å². The van der Waals surface area contributed by atoms with E-state index in [0.29, 0.717) is 11.3 Å². The van der Waals surface area contributed by atoms with Crippen LogP contribution in [0.2, 0.25) is 0 Å². The van der Waals surface area contributed by atoms with Crippen LogP contribution >= 0.6 is 0 Å². The maximum Gasteiger partial charge on any atom is 0.336 e. The molecule has 0 bridgehead atoms. The molecule has 0 amide bonds. The Balaban J connectivity index is 2.89. The Labute approximate surface area is 74.8 Å². The molecule has 2 aromatic rings. The van der Waals surface area contributed by atoms with E-state index in [0.717, 1.165) is 10.9 Å². The summed E-state index contributed by atoms with van der Waals surface area (Å²) in [7, 11) is 0. The topological polar surface area (TPSA) is 56.2 Å². The zero-order valence-electron chi connectivity index (χ0n) is 7.20. The first-order chi connectivity index (χ1) is 6.16. The summed E-state index contributed by atoms with van der Waals surface area (Å²) in [5, 5.41) is 0.850. The second-order valence-electron chi connectivity index (χ2n) is 3.00. The number of aryl methyl sites for hydroxylation is 1. The van der Waals surface area contributed by atoms with Gasteiger partial charge in [-0.2, -0.15) is 0 Å². The Morgan fingerprint density at radius 1 is 1.31 bits per heavy atom. The van der Waals surface area contributed by atoms with Gasteiger partial charge in [-0.3, -0.25) is 0 Å². The molecule has 2 rings (SSSR count). The third-order valence-electron chi connectivity index (χ3n) is 2.01. The van der Waals surface area contributed by atoms with Gasteiger partial charge in [-0.25, -0.2) is 4.79 Å². The molecule has 1 heterocycles. The van der Waals surface area contributed by atoms with Crippen molar-refractivity contribution in [1.29, 1.82) is 0 Å². The van der Waals surface area contributed by atoms with Gasteiger partial charge < -0.3 is 10.2 Å². The molecule has 1 aromatic carbocycles. The van der Waals surface area contributed by atoms with Crippen LogP contribution in [0, 0.1) is 6.92 Å². The SMILES string of the molecule is Cc1cc2oc(=O)ccc2cc1N. The van der Waals surface area contributed by atoms with Gasteiger partial charge in [0.1, 0.15) is 5.58 Å². The van der Waals surface area contributed by atoms with Crippen LogP contribution in [-0.2, 0) is 0 Å². The summed E-state index contributed by atoms with van der Waals surface area (Å²) < 4.78 is 4.99. The van der Waals surface area contributed by atoms with Crippen molar-refractivity contribution in [2.45, 2.75) is 6.92 Å². The first-order valence-corrected chi connectivity index (χ1v) is 3.97. The highest BCUT2D eigenvalue weighted by Crippen LogP contribution is 2.19. The monoisotopic (exact) mass is 175 g/mol. The molecule has 0 fully saturated rings. The molecule has 0 unspecified atom stereocenters. The molecule has 3 heteroatoms. The van der Waals surface area contributed by atoms with E-state index in [4.69, 9.17) is 10.2 Å². The van der Waals surface area contributed by atoms with Gasteiger partial charge >= 0.3 is 5.63 Å². The third-order valence-corrected chi connectivity index (χ3v) is 2.01. The van der Waals surface area contributed by atoms with E-state index in [2.05, 4.69) is 0 Å². The molecule has 3 nitrogen and oxygen atoms in total. The van der Waals surface area contributed by atoms with Crippen LogP contribution in [0.1, 0.15) is 5.56 Å². The van der Waals surface area contributed by atoms with Gasteiger partial charge in [0, 0.05) is 17.1 Å². The molecule has 0 aliphatic carbocycles. The van der Waals surface area contributed by atoms with Crippen molar-refractivity contribution in [3.63, 3.8) is 0 Å². The van der Waals surface area contributed by atoms with Crippen LogP contribution < -0.4 is 11.4 Å². The summed E-state index contributed by atoms with van der Waals surface area (Å²) in [6.07, 6.45) is 0. The number of hydrogen-bond donors (Lipinski definition) is 1. The van der Waals surface area contributed by atoms with E-state index >= 15 is 0 Å². The zero-order chi connectivity index (χ0) is 9.42. The van der Waals surface area contributed by atoms with E-state index in [1.807, 2.05) is 6.92 Å². The predicted molar refractivity (Wildman–Crippen MR) is 51.6 cm³/mol. The van der Waals surface area contributed by atoms with Crippen LogP contribution in [0.3, 0.4) is 0 Å². The van der Waals surface area contributed by atoms with Gasteiger partial charge in [-0.05, 0) is 30.7 Å². The van der Waals surface area contributed by atoms with Gasteiger partial charge in [0.05, 0.1) is 0 Å². The summed E-state index contributed by atoms with van der Waals surface area (Å²) >= 11 is 0. The molecule has 0 saturated heterocycles. The lowest BCUT2D eigenvalue weighted by Crippen LogP contribution is -1.96. The number of nitrogens with two attached hydrogens (primary N) is 1. The zero-order valence-corrected chi connectivity index (χ0v) is 7.20. The Morgan fingerprint density at radius 3 is 2.85 bits per heavy atom. The van der Waals surface area contributed by atoms with E-state index in [-0.39, 0.29) is 5.63 Å². The maximum atomic E-state index is 10.9. The highest BCUT2D eigenvalue weighted by molar-refractivity contribution is 5.81. The lowest BCUT2D eigenvalue weighted by atomic mass is 10.1. The van der Waals surface area contributed by atoms with Crippen molar-refractivity contribution in [3.8, 4) is 0 Å². The van der Waals surface area contributed by atoms with Crippen LogP contribution in [0.5, 0.6) is 0 Å². The molecule has 0 aliphatic heterocycles. The van der Waals surface area contributed by atoms with Crippen LogP contribution in [0.4, 0.5) is 5.69 Å². The molecule has 0 radical (unpaired) electrons. The minimum atomic E-state index is -0.336.